The van der Waals surface area contributed by atoms with Gasteiger partial charge in [-0.2, -0.15) is 0 Å². The Bertz CT molecular complexity index is 770. The van der Waals surface area contributed by atoms with Crippen LogP contribution in [-0.4, -0.2) is 21.0 Å². The Morgan fingerprint density at radius 3 is 2.86 bits per heavy atom. The molecule has 1 aromatic carbocycles. The molecule has 0 atom stereocenters. The van der Waals surface area contributed by atoms with E-state index in [1.165, 1.54) is 11.8 Å². The lowest BCUT2D eigenvalue weighted by Crippen LogP contribution is -2.21. The minimum Gasteiger partial charge on any atom is -0.478 e. The van der Waals surface area contributed by atoms with Gasteiger partial charge in [0.1, 0.15) is 0 Å². The first-order valence-corrected chi connectivity index (χ1v) is 8.20. The van der Waals surface area contributed by atoms with Gasteiger partial charge < -0.3 is 10.1 Å². The molecule has 0 aliphatic heterocycles. The minimum atomic E-state index is -0.942. The fourth-order valence-electron chi connectivity index (χ4n) is 2.65. The molecule has 0 bridgehead atoms. The summed E-state index contributed by atoms with van der Waals surface area (Å²) in [6, 6.07) is 6.89. The minimum absolute atomic E-state index is 0.0567. The summed E-state index contributed by atoms with van der Waals surface area (Å²) in [4.78, 5) is 30.6. The van der Waals surface area contributed by atoms with Gasteiger partial charge in [-0.1, -0.05) is 30.0 Å². The first-order valence-electron chi connectivity index (χ1n) is 7.21. The van der Waals surface area contributed by atoms with E-state index >= 15 is 0 Å². The molecule has 2 aromatic rings. The van der Waals surface area contributed by atoms with E-state index in [4.69, 9.17) is 0 Å². The third-order valence-electron chi connectivity index (χ3n) is 3.78. The van der Waals surface area contributed by atoms with Crippen molar-refractivity contribution in [3.8, 4) is 0 Å². The number of aromatic nitrogens is 2. The number of aryl methyl sites for hydroxylation is 1. The van der Waals surface area contributed by atoms with Gasteiger partial charge in [-0.05, 0) is 37.3 Å². The van der Waals surface area contributed by atoms with E-state index < -0.39 is 5.97 Å². The lowest BCUT2D eigenvalue weighted by atomic mass is 9.97. The van der Waals surface area contributed by atoms with Crippen LogP contribution in [0.3, 0.4) is 0 Å². The molecule has 114 valence electrons. The van der Waals surface area contributed by atoms with Crippen LogP contribution in [0.4, 0.5) is 0 Å². The Morgan fingerprint density at radius 2 is 2.05 bits per heavy atom. The van der Waals surface area contributed by atoms with Crippen molar-refractivity contribution in [1.29, 1.82) is 0 Å². The number of nitrogens with one attached hydrogen (secondary N) is 1. The second-order valence-electron chi connectivity index (χ2n) is 5.25. The molecule has 5 nitrogen and oxygen atoms in total. The van der Waals surface area contributed by atoms with E-state index in [0.717, 1.165) is 42.5 Å². The summed E-state index contributed by atoms with van der Waals surface area (Å²) in [7, 11) is 0. The summed E-state index contributed by atoms with van der Waals surface area (Å²) in [6.07, 6.45) is 3.74. The molecular weight excluding hydrogens is 300 g/mol. The Kier molecular flexibility index (Phi) is 4.29. The van der Waals surface area contributed by atoms with Crippen LogP contribution in [0.15, 0.2) is 34.2 Å². The molecule has 1 aromatic heterocycles. The number of fused-ring (bicyclic) bond motifs is 1. The summed E-state index contributed by atoms with van der Waals surface area (Å²) < 4.78 is 0. The summed E-state index contributed by atoms with van der Waals surface area (Å²) >= 11 is 1.36. The van der Waals surface area contributed by atoms with Crippen LogP contribution in [0, 0.1) is 0 Å². The monoisotopic (exact) mass is 316 g/mol. The number of carboxylic acids is 1. The van der Waals surface area contributed by atoms with Gasteiger partial charge in [0.25, 0.3) is 5.56 Å². The van der Waals surface area contributed by atoms with Crippen molar-refractivity contribution >= 4 is 17.7 Å². The molecule has 0 spiro atoms. The number of carboxylic acid groups (broad SMARTS) is 1. The number of hydrogen-bond donors (Lipinski definition) is 2. The van der Waals surface area contributed by atoms with E-state index in [-0.39, 0.29) is 11.1 Å². The largest absolute Gasteiger partial charge is 0.478 e. The van der Waals surface area contributed by atoms with Gasteiger partial charge in [-0.25, -0.2) is 9.78 Å². The quantitative estimate of drug-likeness (QED) is 0.669. The van der Waals surface area contributed by atoms with Crippen molar-refractivity contribution in [3.05, 3.63) is 57.0 Å². The first-order chi connectivity index (χ1) is 10.6. The highest BCUT2D eigenvalue weighted by Gasteiger charge is 2.16. The molecule has 0 fully saturated rings. The van der Waals surface area contributed by atoms with Crippen LogP contribution in [-0.2, 0) is 18.6 Å². The van der Waals surface area contributed by atoms with Crippen LogP contribution in [0.5, 0.6) is 0 Å². The van der Waals surface area contributed by atoms with Gasteiger partial charge in [0.2, 0.25) is 0 Å². The molecule has 2 N–H and O–H groups in total. The van der Waals surface area contributed by atoms with Gasteiger partial charge in [0.05, 0.1) is 11.3 Å². The molecule has 6 heteroatoms. The molecule has 0 unspecified atom stereocenters. The number of thioether (sulfide) groups is 1. The number of rotatable bonds is 4. The maximum Gasteiger partial charge on any atom is 0.335 e. The van der Waals surface area contributed by atoms with Gasteiger partial charge in [0.15, 0.2) is 5.16 Å². The highest BCUT2D eigenvalue weighted by Crippen LogP contribution is 2.23. The zero-order chi connectivity index (χ0) is 15.5. The lowest BCUT2D eigenvalue weighted by molar-refractivity contribution is 0.0696. The number of benzene rings is 1. The molecule has 0 saturated heterocycles. The maximum atomic E-state index is 12.1. The highest BCUT2D eigenvalue weighted by molar-refractivity contribution is 7.98. The number of aromatic amines is 1. The summed E-state index contributed by atoms with van der Waals surface area (Å²) in [5, 5.41) is 9.74. The second kappa shape index (κ2) is 6.36. The molecule has 0 saturated carbocycles. The number of hydrogen-bond acceptors (Lipinski definition) is 4. The molecule has 1 aliphatic carbocycles. The van der Waals surface area contributed by atoms with Crippen molar-refractivity contribution in [2.24, 2.45) is 0 Å². The fourth-order valence-corrected chi connectivity index (χ4v) is 3.53. The van der Waals surface area contributed by atoms with Gasteiger partial charge in [-0.15, -0.1) is 0 Å². The summed E-state index contributed by atoms with van der Waals surface area (Å²) in [5.74, 6) is -0.479. The van der Waals surface area contributed by atoms with Crippen LogP contribution in [0.1, 0.15) is 40.0 Å². The smallest absolute Gasteiger partial charge is 0.335 e. The third kappa shape index (κ3) is 3.06. The normalized spacial score (nSPS) is 13.6. The van der Waals surface area contributed by atoms with Crippen LogP contribution < -0.4 is 5.56 Å². The van der Waals surface area contributed by atoms with Crippen molar-refractivity contribution in [2.75, 3.05) is 0 Å². The SMILES string of the molecule is O=C(O)c1ccccc1CSc1nc2c(c(=O)[nH]1)CCCC2. The average Bonchev–Trinajstić information content (AvgIpc) is 2.53. The van der Waals surface area contributed by atoms with E-state index in [1.54, 1.807) is 18.2 Å². The van der Waals surface area contributed by atoms with Crippen LogP contribution in [0.2, 0.25) is 0 Å². The molecule has 0 radical (unpaired) electrons. The number of H-pyrrole nitrogens is 1. The van der Waals surface area contributed by atoms with Crippen molar-refractivity contribution in [1.82, 2.24) is 9.97 Å². The first kappa shape index (κ1) is 14.8. The Morgan fingerprint density at radius 1 is 1.27 bits per heavy atom. The number of nitrogens with zero attached hydrogens (tertiary/aromatic N) is 1. The topological polar surface area (TPSA) is 83.0 Å². The fraction of sp³-hybridized carbons (Fsp3) is 0.312. The second-order valence-corrected chi connectivity index (χ2v) is 6.22. The van der Waals surface area contributed by atoms with Gasteiger partial charge in [-0.3, -0.25) is 4.79 Å². The van der Waals surface area contributed by atoms with Crippen LogP contribution >= 0.6 is 11.8 Å². The Labute approximate surface area is 131 Å². The molecule has 22 heavy (non-hydrogen) atoms. The van der Waals surface area contributed by atoms with E-state index in [2.05, 4.69) is 9.97 Å². The molecule has 1 aliphatic rings. The van der Waals surface area contributed by atoms with E-state index in [9.17, 15) is 14.7 Å². The number of aromatic carboxylic acids is 1. The molecule has 3 rings (SSSR count). The predicted molar refractivity (Wildman–Crippen MR) is 84.5 cm³/mol. The van der Waals surface area contributed by atoms with Crippen molar-refractivity contribution < 1.29 is 9.90 Å². The molecule has 1 heterocycles. The zero-order valence-electron chi connectivity index (χ0n) is 12.0. The maximum absolute atomic E-state index is 12.1. The van der Waals surface area contributed by atoms with Crippen LogP contribution in [0.25, 0.3) is 0 Å². The predicted octanol–water partition coefficient (Wildman–Crippen LogP) is 2.64. The molecule has 0 amide bonds. The van der Waals surface area contributed by atoms with E-state index in [0.29, 0.717) is 10.9 Å². The summed E-state index contributed by atoms with van der Waals surface area (Å²) in [6.45, 7) is 0. The van der Waals surface area contributed by atoms with Crippen molar-refractivity contribution in [2.45, 2.75) is 36.6 Å². The zero-order valence-corrected chi connectivity index (χ0v) is 12.8. The van der Waals surface area contributed by atoms with Crippen molar-refractivity contribution in [3.63, 3.8) is 0 Å². The summed E-state index contributed by atoms with van der Waals surface area (Å²) in [5.41, 5.74) is 2.65. The third-order valence-corrected chi connectivity index (χ3v) is 4.70. The van der Waals surface area contributed by atoms with Gasteiger partial charge >= 0.3 is 5.97 Å². The highest BCUT2D eigenvalue weighted by atomic mass is 32.2. The lowest BCUT2D eigenvalue weighted by Gasteiger charge is -2.14. The Hall–Kier alpha value is -2.08. The van der Waals surface area contributed by atoms with E-state index in [1.807, 2.05) is 6.07 Å². The van der Waals surface area contributed by atoms with Gasteiger partial charge in [0, 0.05) is 11.3 Å². The molecular formula is C16H16N2O3S. The standard InChI is InChI=1S/C16H16N2O3S/c19-14-12-7-3-4-8-13(12)17-16(18-14)22-9-10-5-1-2-6-11(10)15(20)21/h1-2,5-6H,3-4,7-9H2,(H,20,21)(H,17,18,19). The Balaban J connectivity index is 1.82. The number of carbonyl (C=O) groups is 1. The average molecular weight is 316 g/mol.